The van der Waals surface area contributed by atoms with Crippen molar-refractivity contribution in [3.8, 4) is 0 Å². The van der Waals surface area contributed by atoms with Crippen LogP contribution in [0, 0.1) is 5.82 Å². The van der Waals surface area contributed by atoms with Crippen LogP contribution in [0.15, 0.2) is 78.9 Å². The van der Waals surface area contributed by atoms with Crippen LogP contribution in [0.3, 0.4) is 0 Å². The van der Waals surface area contributed by atoms with Gasteiger partial charge >= 0.3 is 0 Å². The van der Waals surface area contributed by atoms with Crippen LogP contribution in [0.25, 0.3) is 0 Å². The zero-order chi connectivity index (χ0) is 23.5. The molecule has 1 N–H and O–H groups in total. The largest absolute Gasteiger partial charge is 0.390 e. The minimum atomic E-state index is -0.798. The summed E-state index contributed by atoms with van der Waals surface area (Å²) in [7, 11) is 0. The summed E-state index contributed by atoms with van der Waals surface area (Å²) in [5.41, 5.74) is 4.08. The fraction of sp³-hybridized carbons (Fsp3) is 0.321. The van der Waals surface area contributed by atoms with Crippen molar-refractivity contribution in [1.82, 2.24) is 4.90 Å². The standard InChI is InChI=1S/C28H28FNO4/c29-22-12-10-21(11-13-22)27-23-9-5-4-8-20(23)14-15-30(27)28(32)25-16-24(31)26(18-34-25)33-17-19-6-2-1-3-7-19/h1-13,24-27,31H,14-18H2/t24-,25+,26-,27-/m0/s1. The highest BCUT2D eigenvalue weighted by molar-refractivity contribution is 5.82. The summed E-state index contributed by atoms with van der Waals surface area (Å²) in [4.78, 5) is 15.4. The van der Waals surface area contributed by atoms with E-state index in [9.17, 15) is 14.3 Å². The van der Waals surface area contributed by atoms with Gasteiger partial charge in [-0.2, -0.15) is 0 Å². The van der Waals surface area contributed by atoms with Crippen LogP contribution >= 0.6 is 0 Å². The Morgan fingerprint density at radius 3 is 2.53 bits per heavy atom. The number of hydrogen-bond donors (Lipinski definition) is 1. The van der Waals surface area contributed by atoms with Crippen LogP contribution in [0.1, 0.15) is 34.7 Å². The van der Waals surface area contributed by atoms with Gasteiger partial charge in [0, 0.05) is 13.0 Å². The molecule has 3 aromatic carbocycles. The van der Waals surface area contributed by atoms with E-state index in [-0.39, 0.29) is 30.8 Å². The van der Waals surface area contributed by atoms with E-state index >= 15 is 0 Å². The Labute approximate surface area is 198 Å². The van der Waals surface area contributed by atoms with Crippen molar-refractivity contribution < 1.29 is 23.8 Å². The smallest absolute Gasteiger partial charge is 0.252 e. The van der Waals surface area contributed by atoms with E-state index in [4.69, 9.17) is 9.47 Å². The molecule has 0 unspecified atom stereocenters. The number of halogens is 1. The maximum atomic E-state index is 13.6. The molecule has 1 fully saturated rings. The molecule has 3 aromatic rings. The van der Waals surface area contributed by atoms with E-state index in [2.05, 4.69) is 6.07 Å². The topological polar surface area (TPSA) is 59.0 Å². The molecular formula is C28H28FNO4. The molecule has 0 aromatic heterocycles. The molecule has 0 radical (unpaired) electrons. The Kier molecular flexibility index (Phi) is 6.72. The Morgan fingerprint density at radius 2 is 1.76 bits per heavy atom. The zero-order valence-electron chi connectivity index (χ0n) is 18.8. The summed E-state index contributed by atoms with van der Waals surface area (Å²) < 4.78 is 25.4. The normalized spacial score (nSPS) is 24.5. The third kappa shape index (κ3) is 4.75. The average Bonchev–Trinajstić information content (AvgIpc) is 2.88. The first-order chi connectivity index (χ1) is 16.6. The molecule has 2 aliphatic heterocycles. The molecule has 0 spiro atoms. The van der Waals surface area contributed by atoms with Crippen molar-refractivity contribution in [3.05, 3.63) is 107 Å². The number of fused-ring (bicyclic) bond motifs is 1. The van der Waals surface area contributed by atoms with Gasteiger partial charge in [0.15, 0.2) is 0 Å². The lowest BCUT2D eigenvalue weighted by Gasteiger charge is -2.41. The van der Waals surface area contributed by atoms with Crippen molar-refractivity contribution in [3.63, 3.8) is 0 Å². The maximum absolute atomic E-state index is 13.6. The molecular weight excluding hydrogens is 433 g/mol. The van der Waals surface area contributed by atoms with Gasteiger partial charge in [0.25, 0.3) is 5.91 Å². The maximum Gasteiger partial charge on any atom is 0.252 e. The molecule has 2 heterocycles. The van der Waals surface area contributed by atoms with E-state index in [0.29, 0.717) is 13.2 Å². The van der Waals surface area contributed by atoms with E-state index in [1.807, 2.05) is 48.5 Å². The number of ether oxygens (including phenoxy) is 2. The third-order valence-electron chi connectivity index (χ3n) is 6.68. The van der Waals surface area contributed by atoms with Gasteiger partial charge in [-0.3, -0.25) is 4.79 Å². The van der Waals surface area contributed by atoms with Gasteiger partial charge in [0.2, 0.25) is 0 Å². The van der Waals surface area contributed by atoms with Crippen molar-refractivity contribution in [2.24, 2.45) is 0 Å². The van der Waals surface area contributed by atoms with Gasteiger partial charge in [-0.05, 0) is 40.8 Å². The van der Waals surface area contributed by atoms with E-state index in [0.717, 1.165) is 23.1 Å². The van der Waals surface area contributed by atoms with Gasteiger partial charge in [-0.1, -0.05) is 66.7 Å². The summed E-state index contributed by atoms with van der Waals surface area (Å²) in [6.07, 6.45) is -1.13. The van der Waals surface area contributed by atoms with Gasteiger partial charge in [0.1, 0.15) is 18.0 Å². The fourth-order valence-electron chi connectivity index (χ4n) is 4.86. The van der Waals surface area contributed by atoms with Gasteiger partial charge in [0.05, 0.1) is 25.4 Å². The number of benzene rings is 3. The van der Waals surface area contributed by atoms with Crippen molar-refractivity contribution in [2.75, 3.05) is 13.2 Å². The van der Waals surface area contributed by atoms with Gasteiger partial charge in [-0.15, -0.1) is 0 Å². The molecule has 0 saturated carbocycles. The predicted octanol–water partition coefficient (Wildman–Crippen LogP) is 4.04. The predicted molar refractivity (Wildman–Crippen MR) is 125 cm³/mol. The Hall–Kier alpha value is -3.06. The van der Waals surface area contributed by atoms with Crippen LogP contribution < -0.4 is 0 Å². The number of carbonyl (C=O) groups is 1. The number of aliphatic hydroxyl groups is 1. The summed E-state index contributed by atoms with van der Waals surface area (Å²) in [6, 6.07) is 23.8. The Balaban J connectivity index is 1.31. The second-order valence-electron chi connectivity index (χ2n) is 8.89. The average molecular weight is 462 g/mol. The van der Waals surface area contributed by atoms with Crippen molar-refractivity contribution >= 4 is 5.91 Å². The summed E-state index contributed by atoms with van der Waals surface area (Å²) in [5.74, 6) is -0.476. The first-order valence-electron chi connectivity index (χ1n) is 11.7. The van der Waals surface area contributed by atoms with E-state index < -0.39 is 18.3 Å². The number of rotatable bonds is 5. The Morgan fingerprint density at radius 1 is 1.03 bits per heavy atom. The molecule has 1 amide bonds. The molecule has 0 aliphatic carbocycles. The van der Waals surface area contributed by atoms with Gasteiger partial charge in [-0.25, -0.2) is 4.39 Å². The highest BCUT2D eigenvalue weighted by Crippen LogP contribution is 2.36. The third-order valence-corrected chi connectivity index (χ3v) is 6.68. The van der Waals surface area contributed by atoms with Crippen LogP contribution in [0.5, 0.6) is 0 Å². The Bertz CT molecular complexity index is 1120. The molecule has 2 aliphatic rings. The zero-order valence-corrected chi connectivity index (χ0v) is 18.8. The van der Waals surface area contributed by atoms with Crippen molar-refractivity contribution in [2.45, 2.75) is 43.8 Å². The highest BCUT2D eigenvalue weighted by Gasteiger charge is 2.40. The molecule has 176 valence electrons. The molecule has 1 saturated heterocycles. The van der Waals surface area contributed by atoms with E-state index in [1.54, 1.807) is 17.0 Å². The number of nitrogens with zero attached hydrogens (tertiary/aromatic N) is 1. The number of hydrogen-bond acceptors (Lipinski definition) is 4. The monoisotopic (exact) mass is 461 g/mol. The number of amides is 1. The second kappa shape index (κ2) is 10.1. The van der Waals surface area contributed by atoms with E-state index in [1.165, 1.54) is 17.7 Å². The lowest BCUT2D eigenvalue weighted by molar-refractivity contribution is -0.174. The fourth-order valence-corrected chi connectivity index (χ4v) is 4.86. The molecule has 5 nitrogen and oxygen atoms in total. The van der Waals surface area contributed by atoms with Crippen LogP contribution in [0.4, 0.5) is 4.39 Å². The van der Waals surface area contributed by atoms with Crippen LogP contribution in [0.2, 0.25) is 0 Å². The van der Waals surface area contributed by atoms with Crippen molar-refractivity contribution in [1.29, 1.82) is 0 Å². The molecule has 5 rings (SSSR count). The second-order valence-corrected chi connectivity index (χ2v) is 8.89. The minimum Gasteiger partial charge on any atom is -0.390 e. The van der Waals surface area contributed by atoms with Crippen LogP contribution in [-0.4, -0.2) is 47.4 Å². The first kappa shape index (κ1) is 22.7. The first-order valence-corrected chi connectivity index (χ1v) is 11.7. The molecule has 34 heavy (non-hydrogen) atoms. The molecule has 0 bridgehead atoms. The summed E-state index contributed by atoms with van der Waals surface area (Å²) in [6.45, 7) is 1.05. The highest BCUT2D eigenvalue weighted by atomic mass is 19.1. The van der Waals surface area contributed by atoms with Crippen LogP contribution in [-0.2, 0) is 27.3 Å². The van der Waals surface area contributed by atoms with Gasteiger partial charge < -0.3 is 19.5 Å². The SMILES string of the molecule is O=C([C@H]1C[C@H](O)[C@@H](OCc2ccccc2)CO1)N1CCc2ccccc2[C@@H]1c1ccc(F)cc1. The molecule has 4 atom stereocenters. The molecule has 6 heteroatoms. The lowest BCUT2D eigenvalue weighted by Crippen LogP contribution is -2.52. The quantitative estimate of drug-likeness (QED) is 0.623. The lowest BCUT2D eigenvalue weighted by atomic mass is 9.87. The number of carbonyl (C=O) groups excluding carboxylic acids is 1. The summed E-state index contributed by atoms with van der Waals surface area (Å²) >= 11 is 0. The minimum absolute atomic E-state index is 0.149. The number of aliphatic hydroxyl groups excluding tert-OH is 1. The summed E-state index contributed by atoms with van der Waals surface area (Å²) in [5, 5.41) is 10.7.